The fourth-order valence-corrected chi connectivity index (χ4v) is 18.6. The quantitative estimate of drug-likeness (QED) is 0.107. The number of hydrogen-bond donors (Lipinski definition) is 1. The molecule has 2 aliphatic carbocycles. The molecule has 16 aromatic carbocycles. The van der Waals surface area contributed by atoms with Gasteiger partial charge >= 0.3 is 31.3 Å². The SMILES string of the molecule is CC1(C)c2cc3c(cc2-c2cc4c5ccccc5n(-c5ccccc5)c4cc21)c1ccccc1c1cc(O)c2ccccc2c31.Cc1cc2c3ccccc3c3cc4c(cc3c2c2ccccc12)C(C)(C)c1cc2c(cc1-4)c1ccccc1n2-c1ccccc1.O=S(=O)(OS(=O)(=O)C(F)(F)F)C(F)(F)F. The topological polar surface area (TPSA) is 108 Å². The zero-order chi connectivity index (χ0) is 72.8. The number of nitrogens with zero attached hydrogens (tertiary/aromatic N) is 2. The van der Waals surface area contributed by atoms with Crippen LogP contribution in [0.15, 0.2) is 267 Å². The monoisotopic (exact) mass is 1430 g/mol. The third kappa shape index (κ3) is 9.75. The van der Waals surface area contributed by atoms with Crippen LogP contribution in [-0.2, 0) is 34.7 Å². The van der Waals surface area contributed by atoms with E-state index in [1.807, 2.05) is 21.8 Å². The molecule has 16 heteroatoms. The van der Waals surface area contributed by atoms with Crippen LogP contribution in [0.5, 0.6) is 5.75 Å². The van der Waals surface area contributed by atoms with Gasteiger partial charge in [0.15, 0.2) is 0 Å². The summed E-state index contributed by atoms with van der Waals surface area (Å²) >= 11 is 0. The molecule has 18 aromatic rings. The molecule has 2 aromatic heterocycles. The number of hydrogen-bond acceptors (Lipinski definition) is 6. The molecule has 0 atom stereocenters. The van der Waals surface area contributed by atoms with E-state index >= 15 is 0 Å². The van der Waals surface area contributed by atoms with Gasteiger partial charge in [-0.25, -0.2) is 0 Å². The van der Waals surface area contributed by atoms with Gasteiger partial charge < -0.3 is 14.2 Å². The average molecular weight is 1430 g/mol. The van der Waals surface area contributed by atoms with E-state index in [0.29, 0.717) is 5.75 Å². The summed E-state index contributed by atoms with van der Waals surface area (Å²) in [7, 11) is -13.7. The second kappa shape index (κ2) is 23.0. The molecule has 0 radical (unpaired) electrons. The minimum absolute atomic E-state index is 0.149. The predicted molar refractivity (Wildman–Crippen MR) is 414 cm³/mol. The van der Waals surface area contributed by atoms with Crippen LogP contribution in [-0.4, -0.2) is 42.1 Å². The standard InChI is InChI=1S/C44H31N.C43H29NO.C2F6O5S2/c1-26-21-37-30-17-9-8-16-29(30)33-22-34-35-23-36-31-18-11-12-20-41(31)45(27-13-5-4-6-14-27)42(36)25-40(35)44(2,3)39(34)24-38(33)43(37)32-19-10-7-15-28(26)32;1-43(2)37-22-35-31(26-14-6-7-15-27(26)36-23-41(45)29-17-8-9-18-30(29)42(35)36)20-32(37)33-21-34-28-16-10-11-19-39(28)44(40(34)24-38(33)43)25-12-4-3-5-13-25;3-1(4,5)14(9,10)13-15(11,12)2(6,7)8/h4-25H,1-3H3;3-24,45H,1-2H3;. The van der Waals surface area contributed by atoms with E-state index in [-0.39, 0.29) is 10.8 Å². The van der Waals surface area contributed by atoms with E-state index in [9.17, 15) is 48.3 Å². The molecule has 2 aliphatic rings. The number of phenols is 1. The van der Waals surface area contributed by atoms with Gasteiger partial charge in [0.1, 0.15) is 5.75 Å². The maximum absolute atomic E-state index is 11.4. The van der Waals surface area contributed by atoms with Crippen molar-refractivity contribution < 1.29 is 51.9 Å². The number of para-hydroxylation sites is 4. The Morgan fingerprint density at radius 1 is 0.305 bits per heavy atom. The zero-order valence-electron chi connectivity index (χ0n) is 56.9. The first kappa shape index (κ1) is 65.5. The molecule has 1 N–H and O–H groups in total. The van der Waals surface area contributed by atoms with Crippen LogP contribution < -0.4 is 0 Å². The number of rotatable bonds is 4. The van der Waals surface area contributed by atoms with Crippen molar-refractivity contribution in [1.82, 2.24) is 9.13 Å². The highest BCUT2D eigenvalue weighted by Crippen LogP contribution is 2.57. The molecule has 516 valence electrons. The predicted octanol–water partition coefficient (Wildman–Crippen LogP) is 24.1. The van der Waals surface area contributed by atoms with Crippen molar-refractivity contribution >= 4 is 150 Å². The van der Waals surface area contributed by atoms with Gasteiger partial charge in [0.2, 0.25) is 0 Å². The number of benzene rings is 16. The largest absolute Gasteiger partial charge is 0.524 e. The summed E-state index contributed by atoms with van der Waals surface area (Å²) in [5.41, 5.74) is 6.69. The Morgan fingerprint density at radius 3 is 1.00 bits per heavy atom. The summed E-state index contributed by atoms with van der Waals surface area (Å²) in [6, 6.07) is 98.2. The van der Waals surface area contributed by atoms with Crippen LogP contribution in [0, 0.1) is 6.92 Å². The van der Waals surface area contributed by atoms with Crippen molar-refractivity contribution in [2.75, 3.05) is 0 Å². The lowest BCUT2D eigenvalue weighted by atomic mass is 9.80. The zero-order valence-corrected chi connectivity index (χ0v) is 58.5. The summed E-state index contributed by atoms with van der Waals surface area (Å²) in [5.74, 6) is 0.328. The molecular weight excluding hydrogens is 1370 g/mol. The number of aromatic hydroxyl groups is 1. The van der Waals surface area contributed by atoms with E-state index in [2.05, 4.69) is 292 Å². The Bertz CT molecular complexity index is 6660. The first-order valence-electron chi connectivity index (χ1n) is 34.2. The maximum atomic E-state index is 11.4. The Balaban J connectivity index is 0.000000126. The van der Waals surface area contributed by atoms with Gasteiger partial charge in [-0.3, -0.25) is 0 Å². The lowest BCUT2D eigenvalue weighted by Crippen LogP contribution is -2.34. The number of aromatic nitrogens is 2. The third-order valence-electron chi connectivity index (χ3n) is 21.8. The van der Waals surface area contributed by atoms with Gasteiger partial charge in [0.25, 0.3) is 0 Å². The van der Waals surface area contributed by atoms with E-state index in [0.717, 1.165) is 16.2 Å². The summed E-state index contributed by atoms with van der Waals surface area (Å²) in [4.78, 5) is 0. The fraction of sp³-hybridized carbons (Fsp3) is 0.101. The minimum atomic E-state index is -6.85. The smallest absolute Gasteiger partial charge is 0.507 e. The fourth-order valence-electron chi connectivity index (χ4n) is 17.1. The minimum Gasteiger partial charge on any atom is -0.507 e. The highest BCUT2D eigenvalue weighted by Gasteiger charge is 2.57. The lowest BCUT2D eigenvalue weighted by molar-refractivity contribution is -0.0585. The second-order valence-corrected chi connectivity index (χ2v) is 31.6. The normalized spacial score (nSPS) is 14.0. The number of aryl methyl sites for hydroxylation is 1. The summed E-state index contributed by atoms with van der Waals surface area (Å²) in [5, 5.41) is 36.1. The first-order valence-corrected chi connectivity index (χ1v) is 37.0. The van der Waals surface area contributed by atoms with Crippen molar-refractivity contribution in [3.8, 4) is 39.4 Å². The van der Waals surface area contributed by atoms with Gasteiger partial charge in [-0.15, -0.1) is 3.63 Å². The maximum Gasteiger partial charge on any atom is 0.524 e. The van der Waals surface area contributed by atoms with Gasteiger partial charge in [0.05, 0.1) is 22.1 Å². The summed E-state index contributed by atoms with van der Waals surface area (Å²) in [6.07, 6.45) is 0. The molecule has 0 spiro atoms. The van der Waals surface area contributed by atoms with Gasteiger partial charge in [-0.1, -0.05) is 204 Å². The van der Waals surface area contributed by atoms with E-state index in [1.165, 1.54) is 175 Å². The number of phenolic OH excluding ortho intramolecular Hbond substituents is 1. The molecule has 0 saturated heterocycles. The number of alkyl halides is 6. The van der Waals surface area contributed by atoms with Gasteiger partial charge in [-0.2, -0.15) is 43.2 Å². The highest BCUT2D eigenvalue weighted by atomic mass is 32.3. The molecule has 0 saturated carbocycles. The Labute approximate surface area is 598 Å². The Morgan fingerprint density at radius 2 is 0.600 bits per heavy atom. The van der Waals surface area contributed by atoms with E-state index < -0.39 is 31.3 Å². The van der Waals surface area contributed by atoms with Crippen LogP contribution in [0.25, 0.3) is 163 Å². The molecule has 20 rings (SSSR count). The van der Waals surface area contributed by atoms with Crippen LogP contribution in [0.2, 0.25) is 0 Å². The van der Waals surface area contributed by atoms with Crippen molar-refractivity contribution in [3.63, 3.8) is 0 Å². The van der Waals surface area contributed by atoms with Crippen molar-refractivity contribution in [3.05, 3.63) is 295 Å². The number of halogens is 6. The molecule has 0 amide bonds. The Kier molecular flexibility index (Phi) is 14.3. The molecule has 0 bridgehead atoms. The van der Waals surface area contributed by atoms with Crippen molar-refractivity contribution in [2.24, 2.45) is 0 Å². The molecule has 105 heavy (non-hydrogen) atoms. The molecule has 0 fully saturated rings. The second-order valence-electron chi connectivity index (χ2n) is 28.3. The molecule has 2 heterocycles. The average Bonchev–Trinajstić information content (AvgIpc) is 1.55. The van der Waals surface area contributed by atoms with Gasteiger partial charge in [0, 0.05) is 49.1 Å². The summed E-state index contributed by atoms with van der Waals surface area (Å²) < 4.78 is 115. The van der Waals surface area contributed by atoms with Crippen LogP contribution >= 0.6 is 0 Å². The Hall–Kier alpha value is -11.6. The molecular formula is C89H60F6N2O6S2. The van der Waals surface area contributed by atoms with E-state index in [4.69, 9.17) is 0 Å². The number of fused-ring (bicyclic) bond motifs is 28. The third-order valence-corrected chi connectivity index (χ3v) is 24.4. The van der Waals surface area contributed by atoms with E-state index in [1.54, 1.807) is 0 Å². The van der Waals surface area contributed by atoms with Crippen molar-refractivity contribution in [2.45, 2.75) is 56.5 Å². The van der Waals surface area contributed by atoms with Crippen molar-refractivity contribution in [1.29, 1.82) is 0 Å². The molecule has 0 aliphatic heterocycles. The van der Waals surface area contributed by atoms with Gasteiger partial charge in [-0.05, 0) is 229 Å². The van der Waals surface area contributed by atoms with Crippen LogP contribution in [0.1, 0.15) is 55.5 Å². The summed E-state index contributed by atoms with van der Waals surface area (Å²) in [6.45, 7) is 11.8. The first-order chi connectivity index (χ1) is 50.2. The van der Waals surface area contributed by atoms with Crippen LogP contribution in [0.3, 0.4) is 0 Å². The molecule has 0 unspecified atom stereocenters. The molecule has 8 nitrogen and oxygen atoms in total. The lowest BCUT2D eigenvalue weighted by Gasteiger charge is -2.23. The highest BCUT2D eigenvalue weighted by molar-refractivity contribution is 8.00. The van der Waals surface area contributed by atoms with Crippen LogP contribution in [0.4, 0.5) is 26.3 Å².